The molecule has 154 valence electrons. The maximum absolute atomic E-state index is 12.4. The first-order valence-corrected chi connectivity index (χ1v) is 9.65. The standard InChI is InChI=1S/C22H32N2O4/c1-13(2)24-17(9-10-23-21(26)28-22(5,6)7)15(4)19-16(20(25)27-8)11-14(3)12-18(19)24/h11-13H,9-10H2,1-8H3,(H,23,26). The minimum absolute atomic E-state index is 0.208. The highest BCUT2D eigenvalue weighted by atomic mass is 16.6. The molecule has 0 aliphatic carbocycles. The number of methoxy groups -OCH3 is 1. The molecule has 6 nitrogen and oxygen atoms in total. The van der Waals surface area contributed by atoms with Gasteiger partial charge in [0.1, 0.15) is 5.60 Å². The Hall–Kier alpha value is -2.50. The van der Waals surface area contributed by atoms with Crippen molar-refractivity contribution in [3.05, 3.63) is 34.5 Å². The van der Waals surface area contributed by atoms with E-state index in [1.165, 1.54) is 7.11 Å². The minimum Gasteiger partial charge on any atom is -0.465 e. The summed E-state index contributed by atoms with van der Waals surface area (Å²) in [6.07, 6.45) is 0.209. The number of rotatable bonds is 5. The van der Waals surface area contributed by atoms with Crippen molar-refractivity contribution in [2.75, 3.05) is 13.7 Å². The Balaban J connectivity index is 2.43. The molecular formula is C22H32N2O4. The van der Waals surface area contributed by atoms with Crippen LogP contribution in [0.5, 0.6) is 0 Å². The maximum Gasteiger partial charge on any atom is 0.407 e. The Labute approximate surface area is 167 Å². The van der Waals surface area contributed by atoms with Crippen molar-refractivity contribution in [3.8, 4) is 0 Å². The van der Waals surface area contributed by atoms with Gasteiger partial charge in [0.25, 0.3) is 0 Å². The average Bonchev–Trinajstić information content (AvgIpc) is 2.84. The van der Waals surface area contributed by atoms with E-state index in [2.05, 4.69) is 29.8 Å². The molecule has 0 unspecified atom stereocenters. The van der Waals surface area contributed by atoms with Crippen LogP contribution in [0.25, 0.3) is 10.9 Å². The van der Waals surface area contributed by atoms with Crippen LogP contribution in [-0.2, 0) is 15.9 Å². The lowest BCUT2D eigenvalue weighted by atomic mass is 10.0. The van der Waals surface area contributed by atoms with Gasteiger partial charge in [0.15, 0.2) is 0 Å². The highest BCUT2D eigenvalue weighted by molar-refractivity contribution is 6.06. The number of alkyl carbamates (subject to hydrolysis) is 1. The SMILES string of the molecule is COC(=O)c1cc(C)cc2c1c(C)c(CCNC(=O)OC(C)(C)C)n2C(C)C. The number of hydrogen-bond donors (Lipinski definition) is 1. The van der Waals surface area contributed by atoms with Gasteiger partial charge >= 0.3 is 12.1 Å². The molecule has 0 aliphatic heterocycles. The second-order valence-electron chi connectivity index (χ2n) is 8.41. The smallest absolute Gasteiger partial charge is 0.407 e. The molecule has 1 aromatic carbocycles. The van der Waals surface area contributed by atoms with E-state index < -0.39 is 11.7 Å². The summed E-state index contributed by atoms with van der Waals surface area (Å²) in [6.45, 7) is 14.2. The topological polar surface area (TPSA) is 69.6 Å². The largest absolute Gasteiger partial charge is 0.465 e. The van der Waals surface area contributed by atoms with Crippen LogP contribution in [-0.4, -0.2) is 35.9 Å². The number of nitrogens with one attached hydrogen (secondary N) is 1. The number of hydrogen-bond acceptors (Lipinski definition) is 4. The molecule has 0 saturated heterocycles. The number of fused-ring (bicyclic) bond motifs is 1. The van der Waals surface area contributed by atoms with E-state index in [-0.39, 0.29) is 12.0 Å². The highest BCUT2D eigenvalue weighted by Gasteiger charge is 2.22. The van der Waals surface area contributed by atoms with Gasteiger partial charge < -0.3 is 19.4 Å². The summed E-state index contributed by atoms with van der Waals surface area (Å²) in [5.41, 5.74) is 4.20. The van der Waals surface area contributed by atoms with Crippen LogP contribution in [0.3, 0.4) is 0 Å². The Morgan fingerprint density at radius 2 is 1.82 bits per heavy atom. The molecule has 2 rings (SSSR count). The molecule has 0 saturated carbocycles. The second kappa shape index (κ2) is 8.25. The maximum atomic E-state index is 12.4. The van der Waals surface area contributed by atoms with Crippen LogP contribution in [0.1, 0.15) is 67.8 Å². The summed E-state index contributed by atoms with van der Waals surface area (Å²) in [5, 5.41) is 3.73. The van der Waals surface area contributed by atoms with Gasteiger partial charge in [0.2, 0.25) is 0 Å². The molecule has 6 heteroatoms. The molecule has 1 N–H and O–H groups in total. The summed E-state index contributed by atoms with van der Waals surface area (Å²) in [7, 11) is 1.40. The number of aryl methyl sites for hydroxylation is 2. The fraction of sp³-hybridized carbons (Fsp3) is 0.545. The fourth-order valence-corrected chi connectivity index (χ4v) is 3.59. The number of carbonyl (C=O) groups excluding carboxylic acids is 2. The second-order valence-corrected chi connectivity index (χ2v) is 8.41. The highest BCUT2D eigenvalue weighted by Crippen LogP contribution is 2.33. The van der Waals surface area contributed by atoms with Crippen LogP contribution in [0.15, 0.2) is 12.1 Å². The van der Waals surface area contributed by atoms with E-state index in [1.54, 1.807) is 0 Å². The van der Waals surface area contributed by atoms with Crippen LogP contribution in [0, 0.1) is 13.8 Å². The van der Waals surface area contributed by atoms with E-state index in [9.17, 15) is 9.59 Å². The molecule has 0 atom stereocenters. The molecule has 1 heterocycles. The fourth-order valence-electron chi connectivity index (χ4n) is 3.59. The van der Waals surface area contributed by atoms with E-state index in [0.717, 1.165) is 27.7 Å². The molecule has 2 aromatic rings. The van der Waals surface area contributed by atoms with Gasteiger partial charge in [-0.3, -0.25) is 0 Å². The third kappa shape index (κ3) is 4.66. The predicted molar refractivity (Wildman–Crippen MR) is 111 cm³/mol. The van der Waals surface area contributed by atoms with Crippen molar-refractivity contribution in [2.45, 2.75) is 66.5 Å². The van der Waals surface area contributed by atoms with Crippen molar-refractivity contribution >= 4 is 23.0 Å². The number of benzene rings is 1. The Morgan fingerprint density at radius 1 is 1.18 bits per heavy atom. The first-order valence-electron chi connectivity index (χ1n) is 9.65. The number of aromatic nitrogens is 1. The first kappa shape index (κ1) is 21.8. The summed E-state index contributed by atoms with van der Waals surface area (Å²) >= 11 is 0. The minimum atomic E-state index is -0.528. The monoisotopic (exact) mass is 388 g/mol. The number of nitrogens with zero attached hydrogens (tertiary/aromatic N) is 1. The number of carbonyl (C=O) groups is 2. The third-order valence-electron chi connectivity index (χ3n) is 4.57. The Bertz CT molecular complexity index is 888. The van der Waals surface area contributed by atoms with Crippen molar-refractivity contribution in [3.63, 3.8) is 0 Å². The van der Waals surface area contributed by atoms with Crippen LogP contribution in [0.4, 0.5) is 4.79 Å². The zero-order valence-electron chi connectivity index (χ0n) is 18.2. The van der Waals surface area contributed by atoms with E-state index in [1.807, 2.05) is 40.7 Å². The molecule has 0 radical (unpaired) electrons. The van der Waals surface area contributed by atoms with Crippen molar-refractivity contribution in [1.82, 2.24) is 9.88 Å². The summed E-state index contributed by atoms with van der Waals surface area (Å²) in [4.78, 5) is 24.3. The molecular weight excluding hydrogens is 356 g/mol. The first-order chi connectivity index (χ1) is 13.0. The Morgan fingerprint density at radius 3 is 2.36 bits per heavy atom. The lowest BCUT2D eigenvalue weighted by Crippen LogP contribution is -2.33. The number of esters is 1. The van der Waals surface area contributed by atoms with Crippen LogP contribution in [0.2, 0.25) is 0 Å². The van der Waals surface area contributed by atoms with Gasteiger partial charge in [-0.25, -0.2) is 9.59 Å². The number of ether oxygens (including phenoxy) is 2. The lowest BCUT2D eigenvalue weighted by Gasteiger charge is -2.20. The third-order valence-corrected chi connectivity index (χ3v) is 4.57. The summed E-state index contributed by atoms with van der Waals surface area (Å²) in [6, 6.07) is 4.17. The molecule has 28 heavy (non-hydrogen) atoms. The van der Waals surface area contributed by atoms with Crippen LogP contribution >= 0.6 is 0 Å². The zero-order chi connectivity index (χ0) is 21.2. The van der Waals surface area contributed by atoms with Gasteiger partial charge in [-0.1, -0.05) is 0 Å². The van der Waals surface area contributed by atoms with Gasteiger partial charge in [-0.15, -0.1) is 0 Å². The normalized spacial score (nSPS) is 11.8. The summed E-state index contributed by atoms with van der Waals surface area (Å²) in [5.74, 6) is -0.337. The lowest BCUT2D eigenvalue weighted by molar-refractivity contribution is 0.0527. The predicted octanol–water partition coefficient (Wildman–Crippen LogP) is 4.69. The molecule has 0 fully saturated rings. The van der Waals surface area contributed by atoms with E-state index >= 15 is 0 Å². The van der Waals surface area contributed by atoms with Crippen LogP contribution < -0.4 is 5.32 Å². The quantitative estimate of drug-likeness (QED) is 0.754. The van der Waals surface area contributed by atoms with E-state index in [4.69, 9.17) is 9.47 Å². The molecule has 1 aromatic heterocycles. The van der Waals surface area contributed by atoms with Gasteiger partial charge in [0.05, 0.1) is 12.7 Å². The molecule has 0 aliphatic rings. The molecule has 0 spiro atoms. The van der Waals surface area contributed by atoms with Crippen molar-refractivity contribution in [1.29, 1.82) is 0 Å². The van der Waals surface area contributed by atoms with Crippen molar-refractivity contribution < 1.29 is 19.1 Å². The van der Waals surface area contributed by atoms with Gasteiger partial charge in [-0.05, 0) is 71.7 Å². The number of amides is 1. The summed E-state index contributed by atoms with van der Waals surface area (Å²) < 4.78 is 12.5. The average molecular weight is 389 g/mol. The molecule has 1 amide bonds. The van der Waals surface area contributed by atoms with E-state index in [0.29, 0.717) is 18.5 Å². The van der Waals surface area contributed by atoms with Gasteiger partial charge in [-0.2, -0.15) is 0 Å². The Kier molecular flexibility index (Phi) is 6.42. The zero-order valence-corrected chi connectivity index (χ0v) is 18.2. The van der Waals surface area contributed by atoms with Gasteiger partial charge in [0, 0.05) is 35.6 Å². The van der Waals surface area contributed by atoms with Crippen molar-refractivity contribution in [2.24, 2.45) is 0 Å². The molecule has 0 bridgehead atoms.